The molecule has 2 aromatic carbocycles. The molecule has 0 aliphatic heterocycles. The molecule has 0 aromatic heterocycles. The largest absolute Gasteiger partial charge is 0.259 e. The smallest absolute Gasteiger partial charge is 0.251 e. The third-order valence-corrected chi connectivity index (χ3v) is 3.24. The first kappa shape index (κ1) is 14.4. The van der Waals surface area contributed by atoms with Crippen molar-refractivity contribution in [1.82, 2.24) is 0 Å². The molecular weight excluding hydrogens is 325 g/mol. The van der Waals surface area contributed by atoms with E-state index in [0.717, 1.165) is 5.56 Å². The van der Waals surface area contributed by atoms with Gasteiger partial charge in [0.25, 0.3) is 5.70 Å². The summed E-state index contributed by atoms with van der Waals surface area (Å²) in [5, 5.41) is 11.1. The Labute approximate surface area is 124 Å². The van der Waals surface area contributed by atoms with Crippen molar-refractivity contribution in [3.05, 3.63) is 85.8 Å². The second kappa shape index (κ2) is 6.43. The van der Waals surface area contributed by atoms with Gasteiger partial charge in [0.2, 0.25) is 0 Å². The Bertz CT molecular complexity index is 656. The fraction of sp³-hybridized carbons (Fsp3) is 0.0667. The Kier molecular flexibility index (Phi) is 4.63. The summed E-state index contributed by atoms with van der Waals surface area (Å²) in [5.74, 6) is -0.486. The topological polar surface area (TPSA) is 43.1 Å². The minimum atomic E-state index is -0.486. The van der Waals surface area contributed by atoms with Crippen LogP contribution in [0.4, 0.5) is 4.39 Å². The van der Waals surface area contributed by atoms with Crippen molar-refractivity contribution in [2.75, 3.05) is 0 Å². The van der Waals surface area contributed by atoms with Crippen molar-refractivity contribution in [3.63, 3.8) is 0 Å². The number of allylic oxidation sites excluding steroid dienone is 1. The Morgan fingerprint density at radius 2 is 1.95 bits per heavy atom. The molecule has 0 spiro atoms. The van der Waals surface area contributed by atoms with E-state index in [4.69, 9.17) is 0 Å². The molecule has 2 aromatic rings. The predicted molar refractivity (Wildman–Crippen MR) is 79.2 cm³/mol. The highest BCUT2D eigenvalue weighted by atomic mass is 79.9. The summed E-state index contributed by atoms with van der Waals surface area (Å²) in [7, 11) is 0. The highest BCUT2D eigenvalue weighted by Gasteiger charge is 2.13. The van der Waals surface area contributed by atoms with Gasteiger partial charge in [-0.25, -0.2) is 4.39 Å². The van der Waals surface area contributed by atoms with E-state index in [0.29, 0.717) is 4.47 Å². The predicted octanol–water partition coefficient (Wildman–Crippen LogP) is 4.45. The van der Waals surface area contributed by atoms with E-state index in [2.05, 4.69) is 15.9 Å². The van der Waals surface area contributed by atoms with E-state index in [1.165, 1.54) is 18.2 Å². The van der Waals surface area contributed by atoms with Crippen LogP contribution in [0.25, 0.3) is 6.08 Å². The molecule has 20 heavy (non-hydrogen) atoms. The molecule has 2 rings (SSSR count). The average molecular weight is 336 g/mol. The molecule has 0 heterocycles. The fourth-order valence-corrected chi connectivity index (χ4v) is 2.16. The molecule has 0 radical (unpaired) electrons. The molecule has 0 N–H and O–H groups in total. The zero-order valence-corrected chi connectivity index (χ0v) is 12.0. The Morgan fingerprint density at radius 3 is 2.60 bits per heavy atom. The molecule has 0 amide bonds. The molecule has 0 atom stereocenters. The molecule has 102 valence electrons. The molecule has 3 nitrogen and oxygen atoms in total. The lowest BCUT2D eigenvalue weighted by atomic mass is 10.1. The number of halogens is 2. The van der Waals surface area contributed by atoms with E-state index in [1.54, 1.807) is 18.2 Å². The highest BCUT2D eigenvalue weighted by molar-refractivity contribution is 9.10. The van der Waals surface area contributed by atoms with Gasteiger partial charge in [0.05, 0.1) is 11.3 Å². The van der Waals surface area contributed by atoms with Crippen LogP contribution >= 0.6 is 15.9 Å². The lowest BCUT2D eigenvalue weighted by Crippen LogP contribution is -2.02. The Balaban J connectivity index is 2.35. The molecule has 0 fully saturated rings. The number of hydrogen-bond acceptors (Lipinski definition) is 2. The lowest BCUT2D eigenvalue weighted by Gasteiger charge is -2.02. The first-order chi connectivity index (χ1) is 9.56. The van der Waals surface area contributed by atoms with Gasteiger partial charge in [-0.3, -0.25) is 10.1 Å². The average Bonchev–Trinajstić information content (AvgIpc) is 2.43. The van der Waals surface area contributed by atoms with Crippen LogP contribution in [-0.2, 0) is 6.42 Å². The van der Waals surface area contributed by atoms with Crippen molar-refractivity contribution in [2.45, 2.75) is 6.42 Å². The summed E-state index contributed by atoms with van der Waals surface area (Å²) in [6.45, 7) is 0. The third-order valence-electron chi connectivity index (χ3n) is 2.74. The van der Waals surface area contributed by atoms with E-state index >= 15 is 0 Å². The van der Waals surface area contributed by atoms with Gasteiger partial charge in [0.1, 0.15) is 5.82 Å². The molecular formula is C15H11BrFNO2. The van der Waals surface area contributed by atoms with Crippen molar-refractivity contribution >= 4 is 22.0 Å². The van der Waals surface area contributed by atoms with Crippen LogP contribution < -0.4 is 0 Å². The number of nitrogens with zero attached hydrogens (tertiary/aromatic N) is 1. The third kappa shape index (κ3) is 3.74. The van der Waals surface area contributed by atoms with Gasteiger partial charge in [0.15, 0.2) is 0 Å². The van der Waals surface area contributed by atoms with Gasteiger partial charge in [0, 0.05) is 16.1 Å². The van der Waals surface area contributed by atoms with Gasteiger partial charge in [-0.05, 0) is 23.8 Å². The Morgan fingerprint density at radius 1 is 1.25 bits per heavy atom. The SMILES string of the molecule is O=[N+]([O-])C(=Cc1cc(Br)ccc1F)Cc1ccccc1. The molecule has 0 saturated carbocycles. The zero-order chi connectivity index (χ0) is 14.5. The number of benzene rings is 2. The maximum Gasteiger partial charge on any atom is 0.251 e. The van der Waals surface area contributed by atoms with E-state index in [1.807, 2.05) is 18.2 Å². The van der Waals surface area contributed by atoms with Crippen LogP contribution in [0, 0.1) is 15.9 Å². The van der Waals surface area contributed by atoms with E-state index in [-0.39, 0.29) is 17.7 Å². The summed E-state index contributed by atoms with van der Waals surface area (Å²) in [6, 6.07) is 13.4. The van der Waals surface area contributed by atoms with Gasteiger partial charge < -0.3 is 0 Å². The van der Waals surface area contributed by atoms with Crippen LogP contribution in [0.15, 0.2) is 58.7 Å². The maximum atomic E-state index is 13.6. The Hall–Kier alpha value is -2.01. The van der Waals surface area contributed by atoms with Crippen LogP contribution in [0.2, 0.25) is 0 Å². The zero-order valence-electron chi connectivity index (χ0n) is 10.4. The summed E-state index contributed by atoms with van der Waals surface area (Å²) in [4.78, 5) is 10.6. The normalized spacial score (nSPS) is 11.4. The summed E-state index contributed by atoms with van der Waals surface area (Å²) in [5.41, 5.74) is 0.959. The molecule has 0 bridgehead atoms. The highest BCUT2D eigenvalue weighted by Crippen LogP contribution is 2.20. The maximum absolute atomic E-state index is 13.6. The summed E-state index contributed by atoms with van der Waals surface area (Å²) < 4.78 is 14.3. The van der Waals surface area contributed by atoms with Crippen molar-refractivity contribution in [3.8, 4) is 0 Å². The number of nitro groups is 1. The molecule has 0 saturated heterocycles. The van der Waals surface area contributed by atoms with Crippen molar-refractivity contribution < 1.29 is 9.31 Å². The van der Waals surface area contributed by atoms with Gasteiger partial charge in [-0.1, -0.05) is 46.3 Å². The van der Waals surface area contributed by atoms with Gasteiger partial charge in [-0.15, -0.1) is 0 Å². The van der Waals surface area contributed by atoms with E-state index in [9.17, 15) is 14.5 Å². The first-order valence-electron chi connectivity index (χ1n) is 5.90. The van der Waals surface area contributed by atoms with Crippen molar-refractivity contribution in [1.29, 1.82) is 0 Å². The van der Waals surface area contributed by atoms with Crippen LogP contribution in [0.1, 0.15) is 11.1 Å². The summed E-state index contributed by atoms with van der Waals surface area (Å²) >= 11 is 3.22. The second-order valence-corrected chi connectivity index (χ2v) is 5.14. The fourth-order valence-electron chi connectivity index (χ4n) is 1.78. The molecule has 0 unspecified atom stereocenters. The monoisotopic (exact) mass is 335 g/mol. The molecule has 0 aliphatic carbocycles. The van der Waals surface area contributed by atoms with Gasteiger partial charge in [-0.2, -0.15) is 0 Å². The molecule has 5 heteroatoms. The van der Waals surface area contributed by atoms with Crippen LogP contribution in [0.5, 0.6) is 0 Å². The van der Waals surface area contributed by atoms with E-state index < -0.39 is 10.7 Å². The van der Waals surface area contributed by atoms with Crippen LogP contribution in [0.3, 0.4) is 0 Å². The minimum Gasteiger partial charge on any atom is -0.259 e. The second-order valence-electron chi connectivity index (χ2n) is 4.22. The molecule has 0 aliphatic rings. The number of hydrogen-bond donors (Lipinski definition) is 0. The van der Waals surface area contributed by atoms with Gasteiger partial charge >= 0.3 is 0 Å². The quantitative estimate of drug-likeness (QED) is 0.612. The minimum absolute atomic E-state index is 0.0480. The lowest BCUT2D eigenvalue weighted by molar-refractivity contribution is -0.425. The number of rotatable bonds is 4. The van der Waals surface area contributed by atoms with Crippen molar-refractivity contribution in [2.24, 2.45) is 0 Å². The first-order valence-corrected chi connectivity index (χ1v) is 6.69. The standard InChI is InChI=1S/C15H11BrFNO2/c16-13-6-7-15(17)12(9-13)10-14(18(19)20)8-11-4-2-1-3-5-11/h1-7,9-10H,8H2. The summed E-state index contributed by atoms with van der Waals surface area (Å²) in [6.07, 6.45) is 1.42. The van der Waals surface area contributed by atoms with Crippen LogP contribution in [-0.4, -0.2) is 4.92 Å².